The predicted molar refractivity (Wildman–Crippen MR) is 92.4 cm³/mol. The Hall–Kier alpha value is -2.34. The van der Waals surface area contributed by atoms with E-state index >= 15 is 0 Å². The Morgan fingerprint density at radius 3 is 2.67 bits per heavy atom. The third-order valence-electron chi connectivity index (χ3n) is 4.07. The first-order valence-corrected chi connectivity index (χ1v) is 8.24. The van der Waals surface area contributed by atoms with Crippen molar-refractivity contribution >= 4 is 6.03 Å². The number of amides is 2. The zero-order valence-corrected chi connectivity index (χ0v) is 14.3. The molecule has 130 valence electrons. The van der Waals surface area contributed by atoms with Crippen LogP contribution in [0.25, 0.3) is 11.3 Å². The van der Waals surface area contributed by atoms with Crippen molar-refractivity contribution in [3.63, 3.8) is 0 Å². The van der Waals surface area contributed by atoms with Gasteiger partial charge in [-0.2, -0.15) is 0 Å². The van der Waals surface area contributed by atoms with Gasteiger partial charge in [-0.3, -0.25) is 0 Å². The molecule has 0 radical (unpaired) electrons. The molecule has 1 aromatic carbocycles. The van der Waals surface area contributed by atoms with Gasteiger partial charge in [0.2, 0.25) is 5.89 Å². The molecule has 2 amide bonds. The van der Waals surface area contributed by atoms with Gasteiger partial charge in [-0.1, -0.05) is 50.6 Å². The Balaban J connectivity index is 1.87. The number of hydrogen-bond acceptors (Lipinski definition) is 4. The summed E-state index contributed by atoms with van der Waals surface area (Å²) in [6, 6.07) is 8.93. The monoisotopic (exact) mass is 331 g/mol. The van der Waals surface area contributed by atoms with Crippen molar-refractivity contribution in [2.24, 2.45) is 5.92 Å². The number of hydrogen-bond donors (Lipinski definition) is 3. The van der Waals surface area contributed by atoms with Crippen molar-refractivity contribution in [3.8, 4) is 11.3 Å². The molecule has 0 aliphatic carbocycles. The second-order valence-corrected chi connectivity index (χ2v) is 5.96. The van der Waals surface area contributed by atoms with Crippen molar-refractivity contribution in [1.29, 1.82) is 0 Å². The van der Waals surface area contributed by atoms with Crippen LogP contribution < -0.4 is 10.6 Å². The molecular formula is C18H25N3O3. The summed E-state index contributed by atoms with van der Waals surface area (Å²) in [4.78, 5) is 16.1. The Bertz CT molecular complexity index is 642. The molecule has 0 aliphatic heterocycles. The van der Waals surface area contributed by atoms with E-state index in [0.29, 0.717) is 11.7 Å². The second-order valence-electron chi connectivity index (χ2n) is 5.96. The van der Waals surface area contributed by atoms with Crippen LogP contribution in [-0.2, 0) is 0 Å². The zero-order valence-electron chi connectivity index (χ0n) is 14.3. The van der Waals surface area contributed by atoms with E-state index in [1.165, 1.54) is 0 Å². The molecule has 3 N–H and O–H groups in total. The first kappa shape index (κ1) is 18.0. The van der Waals surface area contributed by atoms with Crippen LogP contribution >= 0.6 is 0 Å². The summed E-state index contributed by atoms with van der Waals surface area (Å²) < 4.78 is 5.71. The topological polar surface area (TPSA) is 87.4 Å². The number of aliphatic hydroxyl groups excluding tert-OH is 1. The number of nitrogens with one attached hydrogen (secondary N) is 2. The second kappa shape index (κ2) is 8.49. The number of aliphatic hydroxyl groups is 1. The summed E-state index contributed by atoms with van der Waals surface area (Å²) in [5, 5.41) is 15.3. The fourth-order valence-electron chi connectivity index (χ4n) is 2.20. The Labute approximate surface area is 142 Å². The Morgan fingerprint density at radius 1 is 1.29 bits per heavy atom. The number of carbonyl (C=O) groups is 1. The summed E-state index contributed by atoms with van der Waals surface area (Å²) in [5.41, 5.74) is 0.935. The lowest BCUT2D eigenvalue weighted by atomic mass is 10.0. The standard InChI is InChI=1S/C18H25N3O3/c1-4-12(2)15(22)10-20-18(23)21-13(3)17-19-11-16(24-17)14-8-6-5-7-9-14/h5-9,11-13,15,22H,4,10H2,1-3H3,(H2,20,21,23). The third-order valence-corrected chi connectivity index (χ3v) is 4.07. The highest BCUT2D eigenvalue weighted by molar-refractivity contribution is 5.74. The van der Waals surface area contributed by atoms with Crippen molar-refractivity contribution < 1.29 is 14.3 Å². The lowest BCUT2D eigenvalue weighted by molar-refractivity contribution is 0.114. The van der Waals surface area contributed by atoms with Gasteiger partial charge in [-0.25, -0.2) is 9.78 Å². The van der Waals surface area contributed by atoms with Crippen LogP contribution in [0.2, 0.25) is 0 Å². The largest absolute Gasteiger partial charge is 0.438 e. The van der Waals surface area contributed by atoms with Crippen molar-refractivity contribution in [1.82, 2.24) is 15.6 Å². The van der Waals surface area contributed by atoms with Gasteiger partial charge in [-0.15, -0.1) is 0 Å². The Kier molecular flexibility index (Phi) is 6.37. The van der Waals surface area contributed by atoms with Crippen LogP contribution in [0.15, 0.2) is 40.9 Å². The fourth-order valence-corrected chi connectivity index (χ4v) is 2.20. The minimum atomic E-state index is -0.553. The molecule has 1 aromatic heterocycles. The summed E-state index contributed by atoms with van der Waals surface area (Å²) in [6.07, 6.45) is 1.95. The lowest BCUT2D eigenvalue weighted by Gasteiger charge is -2.18. The molecule has 2 rings (SSSR count). The van der Waals surface area contributed by atoms with Gasteiger partial charge in [0, 0.05) is 12.1 Å². The molecule has 3 unspecified atom stereocenters. The highest BCUT2D eigenvalue weighted by atomic mass is 16.4. The first-order valence-electron chi connectivity index (χ1n) is 8.24. The smallest absolute Gasteiger partial charge is 0.315 e. The molecule has 6 nitrogen and oxygen atoms in total. The van der Waals surface area contributed by atoms with Crippen LogP contribution in [0.3, 0.4) is 0 Å². The minimum absolute atomic E-state index is 0.142. The maximum Gasteiger partial charge on any atom is 0.315 e. The molecule has 6 heteroatoms. The molecule has 0 spiro atoms. The van der Waals surface area contributed by atoms with Gasteiger partial charge < -0.3 is 20.2 Å². The predicted octanol–water partition coefficient (Wildman–Crippen LogP) is 3.11. The van der Waals surface area contributed by atoms with E-state index in [1.54, 1.807) is 13.1 Å². The van der Waals surface area contributed by atoms with Gasteiger partial charge in [0.05, 0.1) is 12.3 Å². The van der Waals surface area contributed by atoms with E-state index in [4.69, 9.17) is 4.42 Å². The van der Waals surface area contributed by atoms with E-state index in [2.05, 4.69) is 15.6 Å². The fraction of sp³-hybridized carbons (Fsp3) is 0.444. The summed E-state index contributed by atoms with van der Waals surface area (Å²) in [5.74, 6) is 1.24. The first-order chi connectivity index (χ1) is 11.5. The highest BCUT2D eigenvalue weighted by Gasteiger charge is 2.17. The lowest BCUT2D eigenvalue weighted by Crippen LogP contribution is -2.42. The average Bonchev–Trinajstić information content (AvgIpc) is 3.10. The number of nitrogens with zero attached hydrogens (tertiary/aromatic N) is 1. The molecule has 1 heterocycles. The number of carbonyl (C=O) groups excluding carboxylic acids is 1. The molecule has 0 aliphatic rings. The van der Waals surface area contributed by atoms with Gasteiger partial charge in [0.15, 0.2) is 5.76 Å². The number of rotatable bonds is 7. The molecule has 3 atom stereocenters. The number of oxazole rings is 1. The minimum Gasteiger partial charge on any atom is -0.438 e. The van der Waals surface area contributed by atoms with Gasteiger partial charge >= 0.3 is 6.03 Å². The normalized spacial score (nSPS) is 14.7. The van der Waals surface area contributed by atoms with Crippen LogP contribution in [0.1, 0.15) is 39.1 Å². The van der Waals surface area contributed by atoms with Crippen LogP contribution in [0, 0.1) is 5.92 Å². The third kappa shape index (κ3) is 4.83. The van der Waals surface area contributed by atoms with E-state index in [0.717, 1.165) is 12.0 Å². The molecule has 0 bridgehead atoms. The van der Waals surface area contributed by atoms with E-state index < -0.39 is 6.10 Å². The van der Waals surface area contributed by atoms with Gasteiger partial charge in [0.1, 0.15) is 6.04 Å². The van der Waals surface area contributed by atoms with Gasteiger partial charge in [0.25, 0.3) is 0 Å². The quantitative estimate of drug-likeness (QED) is 0.727. The number of benzene rings is 1. The van der Waals surface area contributed by atoms with E-state index in [9.17, 15) is 9.90 Å². The maximum absolute atomic E-state index is 11.9. The molecule has 0 fully saturated rings. The van der Waals surface area contributed by atoms with E-state index in [1.807, 2.05) is 44.2 Å². The van der Waals surface area contributed by atoms with Gasteiger partial charge in [-0.05, 0) is 12.8 Å². The van der Waals surface area contributed by atoms with Crippen molar-refractivity contribution in [2.75, 3.05) is 6.54 Å². The van der Waals surface area contributed by atoms with Crippen LogP contribution in [0.5, 0.6) is 0 Å². The molecular weight excluding hydrogens is 306 g/mol. The van der Waals surface area contributed by atoms with Crippen LogP contribution in [0.4, 0.5) is 4.79 Å². The highest BCUT2D eigenvalue weighted by Crippen LogP contribution is 2.22. The molecule has 2 aromatic rings. The summed E-state index contributed by atoms with van der Waals surface area (Å²) in [7, 11) is 0. The van der Waals surface area contributed by atoms with E-state index in [-0.39, 0.29) is 24.5 Å². The SMILES string of the molecule is CCC(C)C(O)CNC(=O)NC(C)c1ncc(-c2ccccc2)o1. The number of aromatic nitrogens is 1. The summed E-state index contributed by atoms with van der Waals surface area (Å²) in [6.45, 7) is 5.97. The molecule has 0 saturated heterocycles. The maximum atomic E-state index is 11.9. The Morgan fingerprint density at radius 2 is 2.00 bits per heavy atom. The van der Waals surface area contributed by atoms with Crippen molar-refractivity contribution in [3.05, 3.63) is 42.4 Å². The van der Waals surface area contributed by atoms with Crippen LogP contribution in [-0.4, -0.2) is 28.8 Å². The average molecular weight is 331 g/mol. The number of urea groups is 1. The molecule has 0 saturated carbocycles. The molecule has 24 heavy (non-hydrogen) atoms. The summed E-state index contributed by atoms with van der Waals surface area (Å²) >= 11 is 0. The van der Waals surface area contributed by atoms with Crippen molar-refractivity contribution in [2.45, 2.75) is 39.3 Å². The zero-order chi connectivity index (χ0) is 17.5.